The number of nitrogens with zero attached hydrogens (tertiary/aromatic N) is 1. The number of aliphatic carboxylic acids is 1. The van der Waals surface area contributed by atoms with Crippen LogP contribution in [0.2, 0.25) is 0 Å². The van der Waals surface area contributed by atoms with Crippen molar-refractivity contribution in [3.8, 4) is 0 Å². The number of carbonyl (C=O) groups is 2. The standard InChI is InChI=1S/C13H24N2O3/c1-3-11(12(16)17)9-14-13(18)15-7-4-5-10(2)6-8-15/h10-11H,3-9H2,1-2H3,(H,14,18)(H,16,17). The largest absolute Gasteiger partial charge is 0.481 e. The average molecular weight is 256 g/mol. The fourth-order valence-corrected chi connectivity index (χ4v) is 2.19. The lowest BCUT2D eigenvalue weighted by molar-refractivity contribution is -0.141. The minimum absolute atomic E-state index is 0.121. The molecule has 0 bridgehead atoms. The van der Waals surface area contributed by atoms with Crippen LogP contribution in [0, 0.1) is 11.8 Å². The van der Waals surface area contributed by atoms with Gasteiger partial charge < -0.3 is 15.3 Å². The van der Waals surface area contributed by atoms with Crippen LogP contribution in [0.3, 0.4) is 0 Å². The van der Waals surface area contributed by atoms with E-state index in [1.165, 1.54) is 0 Å². The maximum atomic E-state index is 11.9. The van der Waals surface area contributed by atoms with E-state index in [0.29, 0.717) is 12.3 Å². The third kappa shape index (κ3) is 4.55. The van der Waals surface area contributed by atoms with Gasteiger partial charge >= 0.3 is 12.0 Å². The van der Waals surface area contributed by atoms with Crippen molar-refractivity contribution >= 4 is 12.0 Å². The summed E-state index contributed by atoms with van der Waals surface area (Å²) in [6, 6.07) is -0.121. The first kappa shape index (κ1) is 14.8. The summed E-state index contributed by atoms with van der Waals surface area (Å²) in [6.45, 7) is 5.80. The van der Waals surface area contributed by atoms with Crippen LogP contribution >= 0.6 is 0 Å². The summed E-state index contributed by atoms with van der Waals surface area (Å²) in [4.78, 5) is 24.6. The minimum Gasteiger partial charge on any atom is -0.481 e. The number of likely N-dealkylation sites (tertiary alicyclic amines) is 1. The Morgan fingerprint density at radius 3 is 2.72 bits per heavy atom. The van der Waals surface area contributed by atoms with Gasteiger partial charge in [-0.15, -0.1) is 0 Å². The zero-order valence-electron chi connectivity index (χ0n) is 11.3. The number of rotatable bonds is 4. The van der Waals surface area contributed by atoms with Gasteiger partial charge in [-0.25, -0.2) is 4.79 Å². The molecule has 5 heteroatoms. The number of amides is 2. The third-order valence-electron chi connectivity index (χ3n) is 3.65. The van der Waals surface area contributed by atoms with E-state index in [4.69, 9.17) is 5.11 Å². The summed E-state index contributed by atoms with van der Waals surface area (Å²) in [5.41, 5.74) is 0. The molecule has 1 heterocycles. The molecule has 18 heavy (non-hydrogen) atoms. The van der Waals surface area contributed by atoms with Crippen molar-refractivity contribution in [2.24, 2.45) is 11.8 Å². The van der Waals surface area contributed by atoms with Gasteiger partial charge in [0.2, 0.25) is 0 Å². The van der Waals surface area contributed by atoms with E-state index in [1.54, 1.807) is 4.90 Å². The maximum Gasteiger partial charge on any atom is 0.317 e. The van der Waals surface area contributed by atoms with Crippen molar-refractivity contribution in [1.29, 1.82) is 0 Å². The van der Waals surface area contributed by atoms with Crippen molar-refractivity contribution < 1.29 is 14.7 Å². The lowest BCUT2D eigenvalue weighted by Crippen LogP contribution is -2.43. The molecule has 0 radical (unpaired) electrons. The molecule has 1 fully saturated rings. The van der Waals surface area contributed by atoms with Crippen molar-refractivity contribution in [3.63, 3.8) is 0 Å². The maximum absolute atomic E-state index is 11.9. The van der Waals surface area contributed by atoms with Crippen molar-refractivity contribution in [2.75, 3.05) is 19.6 Å². The van der Waals surface area contributed by atoms with Crippen molar-refractivity contribution in [2.45, 2.75) is 39.5 Å². The first-order chi connectivity index (χ1) is 8.54. The Kier molecular flexibility index (Phi) is 5.95. The van der Waals surface area contributed by atoms with Gasteiger partial charge in [-0.1, -0.05) is 13.8 Å². The second-order valence-electron chi connectivity index (χ2n) is 5.15. The van der Waals surface area contributed by atoms with Crippen molar-refractivity contribution in [1.82, 2.24) is 10.2 Å². The van der Waals surface area contributed by atoms with Crippen molar-refractivity contribution in [3.05, 3.63) is 0 Å². The fourth-order valence-electron chi connectivity index (χ4n) is 2.19. The molecule has 0 saturated carbocycles. The molecule has 2 N–H and O–H groups in total. The lowest BCUT2D eigenvalue weighted by atomic mass is 10.0. The molecule has 0 aromatic heterocycles. The van der Waals surface area contributed by atoms with Crippen LogP contribution in [0.1, 0.15) is 39.5 Å². The Hall–Kier alpha value is -1.26. The number of hydrogen-bond donors (Lipinski definition) is 2. The highest BCUT2D eigenvalue weighted by Gasteiger charge is 2.20. The molecule has 1 rings (SSSR count). The number of urea groups is 1. The number of carboxylic acids is 1. The highest BCUT2D eigenvalue weighted by Crippen LogP contribution is 2.16. The lowest BCUT2D eigenvalue weighted by Gasteiger charge is -2.22. The van der Waals surface area contributed by atoms with E-state index >= 15 is 0 Å². The smallest absolute Gasteiger partial charge is 0.317 e. The van der Waals surface area contributed by atoms with Crippen LogP contribution in [0.15, 0.2) is 0 Å². The van der Waals surface area contributed by atoms with E-state index < -0.39 is 11.9 Å². The SMILES string of the molecule is CCC(CNC(=O)N1CCCC(C)CC1)C(=O)O. The number of hydrogen-bond acceptors (Lipinski definition) is 2. The predicted octanol–water partition coefficient (Wildman–Crippen LogP) is 1.93. The predicted molar refractivity (Wildman–Crippen MR) is 69.4 cm³/mol. The molecule has 1 aliphatic heterocycles. The summed E-state index contributed by atoms with van der Waals surface area (Å²) < 4.78 is 0. The minimum atomic E-state index is -0.845. The zero-order valence-corrected chi connectivity index (χ0v) is 11.3. The third-order valence-corrected chi connectivity index (χ3v) is 3.65. The molecule has 5 nitrogen and oxygen atoms in total. The molecule has 2 atom stereocenters. The summed E-state index contributed by atoms with van der Waals surface area (Å²) in [5.74, 6) is -0.660. The number of carbonyl (C=O) groups excluding carboxylic acids is 1. The van der Waals surface area contributed by atoms with Crippen LogP contribution in [0.4, 0.5) is 4.79 Å². The van der Waals surface area contributed by atoms with Gasteiger partial charge in [0.25, 0.3) is 0 Å². The Morgan fingerprint density at radius 1 is 1.39 bits per heavy atom. The van der Waals surface area contributed by atoms with Gasteiger partial charge in [0.15, 0.2) is 0 Å². The Morgan fingerprint density at radius 2 is 2.11 bits per heavy atom. The normalized spacial score (nSPS) is 22.1. The molecule has 2 unspecified atom stereocenters. The molecule has 1 saturated heterocycles. The van der Waals surface area contributed by atoms with Gasteiger partial charge in [0.1, 0.15) is 0 Å². The summed E-state index contributed by atoms with van der Waals surface area (Å²) in [7, 11) is 0. The summed E-state index contributed by atoms with van der Waals surface area (Å²) >= 11 is 0. The summed E-state index contributed by atoms with van der Waals surface area (Å²) in [5, 5.41) is 11.6. The van der Waals surface area contributed by atoms with Crippen LogP contribution in [0.25, 0.3) is 0 Å². The highest BCUT2D eigenvalue weighted by atomic mass is 16.4. The quantitative estimate of drug-likeness (QED) is 0.807. The Labute approximate surface area is 109 Å². The zero-order chi connectivity index (χ0) is 13.5. The molecule has 1 aliphatic rings. The van der Waals surface area contributed by atoms with E-state index in [2.05, 4.69) is 12.2 Å². The molecule has 2 amide bonds. The Balaban J connectivity index is 2.37. The Bertz CT molecular complexity index is 294. The van der Waals surface area contributed by atoms with Crippen LogP contribution < -0.4 is 5.32 Å². The van der Waals surface area contributed by atoms with Gasteiger partial charge in [-0.3, -0.25) is 4.79 Å². The summed E-state index contributed by atoms with van der Waals surface area (Å²) in [6.07, 6.45) is 3.76. The molecule has 0 spiro atoms. The topological polar surface area (TPSA) is 69.6 Å². The molecule has 0 aromatic carbocycles. The molecular weight excluding hydrogens is 232 g/mol. The molecule has 0 aliphatic carbocycles. The van der Waals surface area contributed by atoms with E-state index in [0.717, 1.165) is 32.4 Å². The van der Waals surface area contributed by atoms with E-state index in [9.17, 15) is 9.59 Å². The van der Waals surface area contributed by atoms with Crippen LogP contribution in [-0.2, 0) is 4.79 Å². The van der Waals surface area contributed by atoms with Gasteiger partial charge in [-0.2, -0.15) is 0 Å². The highest BCUT2D eigenvalue weighted by molar-refractivity contribution is 5.76. The van der Waals surface area contributed by atoms with Crippen LogP contribution in [-0.4, -0.2) is 41.6 Å². The number of carboxylic acid groups (broad SMARTS) is 1. The molecule has 104 valence electrons. The first-order valence-electron chi connectivity index (χ1n) is 6.80. The first-order valence-corrected chi connectivity index (χ1v) is 6.80. The second-order valence-corrected chi connectivity index (χ2v) is 5.15. The molecule has 0 aromatic rings. The van der Waals surface area contributed by atoms with Gasteiger partial charge in [0, 0.05) is 19.6 Å². The van der Waals surface area contributed by atoms with E-state index in [1.807, 2.05) is 6.92 Å². The van der Waals surface area contributed by atoms with Gasteiger partial charge in [-0.05, 0) is 31.6 Å². The average Bonchev–Trinajstić information content (AvgIpc) is 2.54. The monoisotopic (exact) mass is 256 g/mol. The van der Waals surface area contributed by atoms with E-state index in [-0.39, 0.29) is 12.6 Å². The molecular formula is C13H24N2O3. The van der Waals surface area contributed by atoms with Crippen LogP contribution in [0.5, 0.6) is 0 Å². The second kappa shape index (κ2) is 7.24. The number of nitrogens with one attached hydrogen (secondary N) is 1. The van der Waals surface area contributed by atoms with Gasteiger partial charge in [0.05, 0.1) is 5.92 Å². The fraction of sp³-hybridized carbons (Fsp3) is 0.846.